The van der Waals surface area contributed by atoms with Crippen molar-refractivity contribution in [1.29, 1.82) is 0 Å². The van der Waals surface area contributed by atoms with Crippen LogP contribution in [0.15, 0.2) is 52.1 Å². The molecule has 2 aliphatic heterocycles. The van der Waals surface area contributed by atoms with E-state index in [0.29, 0.717) is 24.2 Å². The van der Waals surface area contributed by atoms with Gasteiger partial charge in [0.25, 0.3) is 11.8 Å². The predicted octanol–water partition coefficient (Wildman–Crippen LogP) is 3.06. The first-order chi connectivity index (χ1) is 15.6. The Kier molecular flexibility index (Phi) is 7.26. The van der Waals surface area contributed by atoms with Gasteiger partial charge in [-0.25, -0.2) is 0 Å². The van der Waals surface area contributed by atoms with Gasteiger partial charge in [-0.15, -0.1) is 0 Å². The van der Waals surface area contributed by atoms with Crippen molar-refractivity contribution in [3.63, 3.8) is 0 Å². The van der Waals surface area contributed by atoms with Gasteiger partial charge in [0, 0.05) is 43.7 Å². The maximum absolute atomic E-state index is 12.5. The molecule has 0 radical (unpaired) electrons. The summed E-state index contributed by atoms with van der Waals surface area (Å²) in [5, 5.41) is 5.87. The second-order valence-electron chi connectivity index (χ2n) is 7.81. The van der Waals surface area contributed by atoms with E-state index in [1.807, 2.05) is 12.1 Å². The number of likely N-dealkylation sites (tertiary alicyclic amines) is 1. The minimum atomic E-state index is -0.500. The van der Waals surface area contributed by atoms with E-state index >= 15 is 0 Å². The number of amides is 3. The van der Waals surface area contributed by atoms with Gasteiger partial charge in [0.2, 0.25) is 5.91 Å². The largest absolute Gasteiger partial charge is 0.469 e. The molecule has 3 heterocycles. The molecule has 1 fully saturated rings. The number of thioether (sulfide) groups is 1. The molecule has 1 aromatic carbocycles. The number of piperidine rings is 1. The Morgan fingerprint density at radius 2 is 2.00 bits per heavy atom. The lowest BCUT2D eigenvalue weighted by molar-refractivity contribution is -0.121. The molecule has 3 amide bonds. The minimum absolute atomic E-state index is 0.0455. The summed E-state index contributed by atoms with van der Waals surface area (Å²) in [4.78, 5) is 43.5. The number of hydrogen-bond acceptors (Lipinski definition) is 6. The van der Waals surface area contributed by atoms with Gasteiger partial charge < -0.3 is 20.0 Å². The third-order valence-corrected chi connectivity index (χ3v) is 6.59. The number of carbonyl (C=O) groups is 3. The van der Waals surface area contributed by atoms with E-state index in [9.17, 15) is 14.4 Å². The second kappa shape index (κ2) is 10.5. The number of benzene rings is 1. The molecule has 8 nitrogen and oxygen atoms in total. The van der Waals surface area contributed by atoms with Crippen LogP contribution < -0.4 is 10.6 Å². The quantitative estimate of drug-likeness (QED) is 0.666. The van der Waals surface area contributed by atoms with Crippen molar-refractivity contribution < 1.29 is 18.8 Å². The Bertz CT molecular complexity index is 999. The van der Waals surface area contributed by atoms with Gasteiger partial charge in [-0.2, -0.15) is 4.99 Å². The molecule has 1 atom stereocenters. The monoisotopic (exact) mass is 454 g/mol. The second-order valence-corrected chi connectivity index (χ2v) is 8.98. The molecule has 4 rings (SSSR count). The van der Waals surface area contributed by atoms with Crippen LogP contribution in [0.1, 0.15) is 41.8 Å². The summed E-state index contributed by atoms with van der Waals surface area (Å²) in [5.74, 6) is 0.0450. The van der Waals surface area contributed by atoms with E-state index in [1.54, 1.807) is 30.5 Å². The molecule has 2 aliphatic rings. The SMILES string of the molecule is O=C(C[C@H]1SC(N2CCCCC2)=NC1=O)Nc1cccc(C(=O)NCCc2ccco2)c1. The number of amidine groups is 1. The van der Waals surface area contributed by atoms with Gasteiger partial charge in [0.05, 0.1) is 6.26 Å². The Morgan fingerprint density at radius 1 is 1.16 bits per heavy atom. The third kappa shape index (κ3) is 5.79. The zero-order chi connectivity index (χ0) is 22.3. The van der Waals surface area contributed by atoms with Crippen molar-refractivity contribution in [2.24, 2.45) is 4.99 Å². The Labute approximate surface area is 190 Å². The fraction of sp³-hybridized carbons (Fsp3) is 0.391. The highest BCUT2D eigenvalue weighted by Crippen LogP contribution is 2.29. The Balaban J connectivity index is 1.26. The van der Waals surface area contributed by atoms with Crippen LogP contribution in [0.4, 0.5) is 5.69 Å². The summed E-state index contributed by atoms with van der Waals surface area (Å²) >= 11 is 1.37. The van der Waals surface area contributed by atoms with Gasteiger partial charge in [-0.05, 0) is 49.6 Å². The molecule has 0 saturated carbocycles. The summed E-state index contributed by atoms with van der Waals surface area (Å²) in [6, 6.07) is 10.4. The van der Waals surface area contributed by atoms with E-state index in [0.717, 1.165) is 36.9 Å². The van der Waals surface area contributed by atoms with E-state index in [2.05, 4.69) is 20.5 Å². The van der Waals surface area contributed by atoms with Crippen molar-refractivity contribution in [3.8, 4) is 0 Å². The van der Waals surface area contributed by atoms with Crippen LogP contribution in [-0.2, 0) is 16.0 Å². The number of hydrogen-bond donors (Lipinski definition) is 2. The Morgan fingerprint density at radius 3 is 2.78 bits per heavy atom. The van der Waals surface area contributed by atoms with Crippen LogP contribution in [0.2, 0.25) is 0 Å². The van der Waals surface area contributed by atoms with Gasteiger partial charge >= 0.3 is 0 Å². The highest BCUT2D eigenvalue weighted by Gasteiger charge is 2.33. The summed E-state index contributed by atoms with van der Waals surface area (Å²) in [6.45, 7) is 2.27. The molecule has 168 valence electrons. The van der Waals surface area contributed by atoms with E-state index in [4.69, 9.17) is 4.42 Å². The topological polar surface area (TPSA) is 104 Å². The molecule has 9 heteroatoms. The minimum Gasteiger partial charge on any atom is -0.469 e. The lowest BCUT2D eigenvalue weighted by atomic mass is 10.1. The van der Waals surface area contributed by atoms with Crippen LogP contribution in [0, 0.1) is 0 Å². The number of nitrogens with one attached hydrogen (secondary N) is 2. The average Bonchev–Trinajstić information content (AvgIpc) is 3.44. The summed E-state index contributed by atoms with van der Waals surface area (Å²) in [5.41, 5.74) is 0.964. The summed E-state index contributed by atoms with van der Waals surface area (Å²) in [7, 11) is 0. The lowest BCUT2D eigenvalue weighted by Crippen LogP contribution is -2.33. The van der Waals surface area contributed by atoms with E-state index < -0.39 is 5.25 Å². The zero-order valence-electron chi connectivity index (χ0n) is 17.7. The number of nitrogens with zero attached hydrogens (tertiary/aromatic N) is 2. The van der Waals surface area contributed by atoms with Crippen molar-refractivity contribution in [2.45, 2.75) is 37.4 Å². The van der Waals surface area contributed by atoms with Gasteiger partial charge in [-0.3, -0.25) is 14.4 Å². The first kappa shape index (κ1) is 22.1. The maximum Gasteiger partial charge on any atom is 0.262 e. The molecule has 0 unspecified atom stereocenters. The molecule has 1 aromatic heterocycles. The van der Waals surface area contributed by atoms with Crippen LogP contribution in [0.3, 0.4) is 0 Å². The van der Waals surface area contributed by atoms with Crippen LogP contribution >= 0.6 is 11.8 Å². The number of carbonyl (C=O) groups excluding carboxylic acids is 3. The first-order valence-electron chi connectivity index (χ1n) is 10.8. The highest BCUT2D eigenvalue weighted by atomic mass is 32.2. The Hall–Kier alpha value is -3.07. The van der Waals surface area contributed by atoms with Gasteiger partial charge in [0.1, 0.15) is 11.0 Å². The van der Waals surface area contributed by atoms with Crippen molar-refractivity contribution in [2.75, 3.05) is 25.0 Å². The lowest BCUT2D eigenvalue weighted by Gasteiger charge is -2.27. The fourth-order valence-corrected chi connectivity index (χ4v) is 4.82. The van der Waals surface area contributed by atoms with Gasteiger partial charge in [0.15, 0.2) is 5.17 Å². The number of furan rings is 1. The molecule has 2 N–H and O–H groups in total. The predicted molar refractivity (Wildman–Crippen MR) is 124 cm³/mol. The van der Waals surface area contributed by atoms with Crippen molar-refractivity contribution in [1.82, 2.24) is 10.2 Å². The molecule has 0 aliphatic carbocycles. The molecule has 0 spiro atoms. The highest BCUT2D eigenvalue weighted by molar-refractivity contribution is 8.15. The van der Waals surface area contributed by atoms with Crippen molar-refractivity contribution >= 4 is 40.3 Å². The normalized spacial score (nSPS) is 18.4. The molecular formula is C23H26N4O4S. The van der Waals surface area contributed by atoms with Crippen LogP contribution in [0.5, 0.6) is 0 Å². The third-order valence-electron chi connectivity index (χ3n) is 5.37. The molecule has 32 heavy (non-hydrogen) atoms. The fourth-order valence-electron chi connectivity index (χ4n) is 3.70. The zero-order valence-corrected chi connectivity index (χ0v) is 18.5. The number of rotatable bonds is 7. The van der Waals surface area contributed by atoms with Gasteiger partial charge in [-0.1, -0.05) is 17.8 Å². The smallest absolute Gasteiger partial charge is 0.262 e. The summed E-state index contributed by atoms with van der Waals surface area (Å²) < 4.78 is 5.25. The van der Waals surface area contributed by atoms with Crippen LogP contribution in [0.25, 0.3) is 0 Å². The van der Waals surface area contributed by atoms with Crippen molar-refractivity contribution in [3.05, 3.63) is 54.0 Å². The first-order valence-corrected chi connectivity index (χ1v) is 11.7. The van der Waals surface area contributed by atoms with E-state index in [-0.39, 0.29) is 24.1 Å². The standard InChI is InChI=1S/C23H26N4O4S/c28-20(15-19-22(30)26-23(32-19)27-11-2-1-3-12-27)25-17-7-4-6-16(14-17)21(29)24-10-9-18-8-5-13-31-18/h4-8,13-14,19H,1-3,9-12,15H2,(H,24,29)(H,25,28)/t19-/m1/s1. The molecular weight excluding hydrogens is 428 g/mol. The van der Waals surface area contributed by atoms with E-state index in [1.165, 1.54) is 18.2 Å². The number of anilines is 1. The summed E-state index contributed by atoms with van der Waals surface area (Å²) in [6.07, 6.45) is 5.65. The molecule has 0 bridgehead atoms. The van der Waals surface area contributed by atoms with Crippen LogP contribution in [-0.4, -0.2) is 52.7 Å². The average molecular weight is 455 g/mol. The molecule has 2 aromatic rings. The maximum atomic E-state index is 12.5. The number of aliphatic imine (C=N–C) groups is 1. The molecule has 1 saturated heterocycles.